The topological polar surface area (TPSA) is 111 Å². The van der Waals surface area contributed by atoms with E-state index in [1.165, 1.54) is 167 Å². The van der Waals surface area contributed by atoms with E-state index < -0.39 is 26.5 Å². The van der Waals surface area contributed by atoms with Gasteiger partial charge in [0.15, 0.2) is 6.10 Å². The van der Waals surface area contributed by atoms with Crippen molar-refractivity contribution >= 4 is 19.8 Å². The Morgan fingerprint density at radius 3 is 0.909 bits per heavy atom. The number of phosphoric acid groups is 1. The van der Waals surface area contributed by atoms with Crippen molar-refractivity contribution in [2.24, 2.45) is 0 Å². The van der Waals surface area contributed by atoms with Crippen LogP contribution in [0.4, 0.5) is 0 Å². The van der Waals surface area contributed by atoms with Gasteiger partial charge in [-0.2, -0.15) is 0 Å². The molecule has 0 amide bonds. The molecule has 506 valence electrons. The van der Waals surface area contributed by atoms with E-state index in [1.807, 2.05) is 21.1 Å². The maximum atomic E-state index is 12.9. The number of unbranched alkanes of at least 4 members (excludes halogenated alkanes) is 32. The Labute approximate surface area is 543 Å². The zero-order valence-corrected chi connectivity index (χ0v) is 58.5. The van der Waals surface area contributed by atoms with Gasteiger partial charge in [0.2, 0.25) is 0 Å². The van der Waals surface area contributed by atoms with E-state index in [1.54, 1.807) is 0 Å². The number of esters is 2. The molecule has 88 heavy (non-hydrogen) atoms. The van der Waals surface area contributed by atoms with Crippen LogP contribution in [-0.2, 0) is 32.7 Å². The van der Waals surface area contributed by atoms with Crippen molar-refractivity contribution in [3.05, 3.63) is 122 Å². The first kappa shape index (κ1) is 84.4. The second kappa shape index (κ2) is 67.8. The first-order chi connectivity index (χ1) is 43.0. The molecule has 0 aromatic heterocycles. The molecule has 9 nitrogen and oxygen atoms in total. The highest BCUT2D eigenvalue weighted by molar-refractivity contribution is 7.45. The Hall–Kier alpha value is -3.59. The van der Waals surface area contributed by atoms with Crippen molar-refractivity contribution < 1.29 is 42.1 Å². The average molecular weight is 1250 g/mol. The maximum absolute atomic E-state index is 12.9. The van der Waals surface area contributed by atoms with Gasteiger partial charge >= 0.3 is 11.9 Å². The van der Waals surface area contributed by atoms with Crippen molar-refractivity contribution in [3.8, 4) is 0 Å². The fourth-order valence-electron chi connectivity index (χ4n) is 10.0. The van der Waals surface area contributed by atoms with Gasteiger partial charge in [-0.25, -0.2) is 0 Å². The first-order valence-corrected chi connectivity index (χ1v) is 37.7. The quantitative estimate of drug-likeness (QED) is 0.0195. The molecule has 0 aliphatic rings. The number of likely N-dealkylation sites (N-methyl/N-ethyl adjacent to an activating group) is 1. The molecule has 0 fully saturated rings. The molecular formula is C78H136NO8P. The number of carbonyl (C=O) groups is 2. The van der Waals surface area contributed by atoms with Crippen molar-refractivity contribution in [3.63, 3.8) is 0 Å². The largest absolute Gasteiger partial charge is 0.756 e. The summed E-state index contributed by atoms with van der Waals surface area (Å²) in [4.78, 5) is 38.1. The van der Waals surface area contributed by atoms with Crippen LogP contribution in [0.25, 0.3) is 0 Å². The minimum absolute atomic E-state index is 0.0352. The van der Waals surface area contributed by atoms with Crippen LogP contribution in [0, 0.1) is 0 Å². The summed E-state index contributed by atoms with van der Waals surface area (Å²) < 4.78 is 34.3. The standard InChI is InChI=1S/C78H136NO8P/c1-6-8-10-12-14-16-18-20-22-24-26-28-30-32-34-36-37-38-39-40-41-43-44-46-48-50-52-54-56-58-60-62-64-66-68-70-77(80)84-74-76(75-86-88(82,83)85-73-72-79(3,4)5)87-78(81)71-69-67-65-63-61-59-57-55-53-51-49-47-45-42-35-33-31-29-27-25-23-21-19-17-15-13-11-9-7-2/h8-11,14-17,20-23,26-29,33,35,45,47,76H,6-7,12-13,18-19,24-25,30-32,34,36-44,46,48-75H2,1-5H3/b10-8-,11-9-,16-14-,17-15-,22-20-,23-21-,28-26-,29-27-,35-33-,47-45-. The highest BCUT2D eigenvalue weighted by Gasteiger charge is 2.22. The number of nitrogens with zero attached hydrogens (tertiary/aromatic N) is 1. The molecule has 0 rings (SSSR count). The summed E-state index contributed by atoms with van der Waals surface area (Å²) >= 11 is 0. The van der Waals surface area contributed by atoms with Gasteiger partial charge in [-0.3, -0.25) is 14.2 Å². The normalized spacial score (nSPS) is 13.8. The van der Waals surface area contributed by atoms with E-state index in [9.17, 15) is 19.0 Å². The zero-order chi connectivity index (χ0) is 64.1. The monoisotopic (exact) mass is 1250 g/mol. The number of allylic oxidation sites excluding steroid dienone is 20. The van der Waals surface area contributed by atoms with Crippen molar-refractivity contribution in [2.45, 2.75) is 315 Å². The Bertz CT molecular complexity index is 1900. The summed E-state index contributed by atoms with van der Waals surface area (Å²) in [6.07, 6.45) is 97.2. The van der Waals surface area contributed by atoms with Gasteiger partial charge in [0.1, 0.15) is 19.8 Å². The first-order valence-electron chi connectivity index (χ1n) is 36.2. The lowest BCUT2D eigenvalue weighted by Crippen LogP contribution is -2.37. The third-order valence-electron chi connectivity index (χ3n) is 15.5. The summed E-state index contributed by atoms with van der Waals surface area (Å²) in [5.41, 5.74) is 0. The van der Waals surface area contributed by atoms with Crippen molar-refractivity contribution in [1.29, 1.82) is 0 Å². The molecule has 0 saturated heterocycles. The summed E-state index contributed by atoms with van der Waals surface area (Å²) in [7, 11) is 1.16. The minimum Gasteiger partial charge on any atom is -0.756 e. The minimum atomic E-state index is -4.65. The van der Waals surface area contributed by atoms with E-state index in [4.69, 9.17) is 18.5 Å². The van der Waals surface area contributed by atoms with Gasteiger partial charge < -0.3 is 27.9 Å². The van der Waals surface area contributed by atoms with Crippen LogP contribution >= 0.6 is 7.82 Å². The van der Waals surface area contributed by atoms with Gasteiger partial charge in [0.05, 0.1) is 27.7 Å². The molecule has 0 saturated carbocycles. The highest BCUT2D eigenvalue weighted by atomic mass is 31.2. The molecular weight excluding hydrogens is 1110 g/mol. The van der Waals surface area contributed by atoms with E-state index >= 15 is 0 Å². The molecule has 2 atom stereocenters. The smallest absolute Gasteiger partial charge is 0.306 e. The number of ether oxygens (including phenoxy) is 2. The highest BCUT2D eigenvalue weighted by Crippen LogP contribution is 2.38. The lowest BCUT2D eigenvalue weighted by Gasteiger charge is -2.28. The molecule has 0 spiro atoms. The number of hydrogen-bond donors (Lipinski definition) is 0. The fraction of sp³-hybridized carbons (Fsp3) is 0.718. The predicted molar refractivity (Wildman–Crippen MR) is 378 cm³/mol. The van der Waals surface area contributed by atoms with Gasteiger partial charge in [0, 0.05) is 12.8 Å². The van der Waals surface area contributed by atoms with Crippen LogP contribution in [0.1, 0.15) is 309 Å². The predicted octanol–water partition coefficient (Wildman–Crippen LogP) is 23.2. The van der Waals surface area contributed by atoms with Crippen LogP contribution in [0.5, 0.6) is 0 Å². The van der Waals surface area contributed by atoms with Crippen LogP contribution in [-0.4, -0.2) is 70.0 Å². The van der Waals surface area contributed by atoms with Crippen LogP contribution in [0.2, 0.25) is 0 Å². The van der Waals surface area contributed by atoms with Gasteiger partial charge in [-0.1, -0.05) is 315 Å². The number of rotatable bonds is 66. The number of phosphoric ester groups is 1. The molecule has 10 heteroatoms. The fourth-order valence-corrected chi connectivity index (χ4v) is 10.7. The third kappa shape index (κ3) is 71.5. The molecule has 0 radical (unpaired) electrons. The number of carbonyl (C=O) groups excluding carboxylic acids is 2. The Balaban J connectivity index is 4.02. The van der Waals surface area contributed by atoms with Crippen molar-refractivity contribution in [2.75, 3.05) is 47.5 Å². The van der Waals surface area contributed by atoms with Crippen LogP contribution in [0.3, 0.4) is 0 Å². The van der Waals surface area contributed by atoms with E-state index in [0.29, 0.717) is 17.4 Å². The maximum Gasteiger partial charge on any atom is 0.306 e. The Kier molecular flexibility index (Phi) is 65.0. The Morgan fingerprint density at radius 1 is 0.352 bits per heavy atom. The second-order valence-corrected chi connectivity index (χ2v) is 26.6. The van der Waals surface area contributed by atoms with E-state index in [2.05, 4.69) is 135 Å². The summed E-state index contributed by atoms with van der Waals surface area (Å²) in [6.45, 7) is 4.03. The molecule has 0 bridgehead atoms. The summed E-state index contributed by atoms with van der Waals surface area (Å²) in [6, 6.07) is 0. The lowest BCUT2D eigenvalue weighted by molar-refractivity contribution is -0.870. The van der Waals surface area contributed by atoms with Crippen molar-refractivity contribution in [1.82, 2.24) is 0 Å². The van der Waals surface area contributed by atoms with Crippen LogP contribution in [0.15, 0.2) is 122 Å². The zero-order valence-electron chi connectivity index (χ0n) is 57.6. The van der Waals surface area contributed by atoms with Crippen LogP contribution < -0.4 is 4.89 Å². The second-order valence-electron chi connectivity index (χ2n) is 25.2. The van der Waals surface area contributed by atoms with E-state index in [0.717, 1.165) is 109 Å². The summed E-state index contributed by atoms with van der Waals surface area (Å²) in [5, 5.41) is 0. The number of hydrogen-bond acceptors (Lipinski definition) is 8. The lowest BCUT2D eigenvalue weighted by atomic mass is 10.0. The Morgan fingerprint density at radius 2 is 0.614 bits per heavy atom. The molecule has 0 N–H and O–H groups in total. The molecule has 0 aromatic rings. The molecule has 0 heterocycles. The van der Waals surface area contributed by atoms with E-state index in [-0.39, 0.29) is 32.0 Å². The molecule has 0 aliphatic heterocycles. The third-order valence-corrected chi connectivity index (χ3v) is 16.4. The average Bonchev–Trinajstić information content (AvgIpc) is 3.68. The van der Waals surface area contributed by atoms with Gasteiger partial charge in [0.25, 0.3) is 7.82 Å². The van der Waals surface area contributed by atoms with Gasteiger partial charge in [-0.15, -0.1) is 0 Å². The SMILES string of the molecule is CC/C=C\C/C=C\C/C=C\C/C=C\C/C=C\C/C=C\CCCCCCCCCCCCC(=O)OC(COC(=O)CCCCCCCCCCCCCCCCCCCCCCCC/C=C\C/C=C\C/C=C\C/C=C\CC)COP(=O)([O-])OCC[N+](C)(C)C. The molecule has 2 unspecified atom stereocenters. The van der Waals surface area contributed by atoms with Gasteiger partial charge in [-0.05, 0) is 103 Å². The molecule has 0 aromatic carbocycles. The number of quaternary nitrogens is 1. The summed E-state index contributed by atoms with van der Waals surface area (Å²) in [5.74, 6) is -0.832. The molecule has 0 aliphatic carbocycles.